The highest BCUT2D eigenvalue weighted by atomic mass is 19.1. The Kier molecular flexibility index (Phi) is 4.13. The minimum atomic E-state index is -0.356. The largest absolute Gasteiger partial charge is 0.393 e. The first-order valence-corrected chi connectivity index (χ1v) is 6.16. The molecule has 2 atom stereocenters. The van der Waals surface area contributed by atoms with Gasteiger partial charge in [-0.2, -0.15) is 0 Å². The molecule has 2 rings (SSSR count). The summed E-state index contributed by atoms with van der Waals surface area (Å²) in [6.45, 7) is 3.45. The van der Waals surface area contributed by atoms with Crippen LogP contribution in [0.5, 0.6) is 0 Å². The maximum absolute atomic E-state index is 12.9. The first-order valence-electron chi connectivity index (χ1n) is 6.16. The monoisotopic (exact) mass is 238 g/mol. The zero-order valence-corrected chi connectivity index (χ0v) is 10.2. The number of aryl methyl sites for hydroxylation is 1. The number of aliphatic hydroxyl groups excluding tert-OH is 1. The van der Waals surface area contributed by atoms with Crippen molar-refractivity contribution in [2.24, 2.45) is 5.92 Å². The van der Waals surface area contributed by atoms with Crippen LogP contribution < -0.4 is 0 Å². The van der Waals surface area contributed by atoms with Crippen LogP contribution in [-0.2, 0) is 11.2 Å². The first-order chi connectivity index (χ1) is 8.15. The second-order valence-electron chi connectivity index (χ2n) is 4.89. The topological polar surface area (TPSA) is 29.5 Å². The number of benzene rings is 1. The summed E-state index contributed by atoms with van der Waals surface area (Å²) in [5.74, 6) is 0.260. The average molecular weight is 238 g/mol. The van der Waals surface area contributed by atoms with Crippen LogP contribution in [0, 0.1) is 18.7 Å². The van der Waals surface area contributed by atoms with Gasteiger partial charge in [0.1, 0.15) is 5.82 Å². The van der Waals surface area contributed by atoms with E-state index in [1.807, 2.05) is 6.92 Å². The van der Waals surface area contributed by atoms with E-state index in [0.29, 0.717) is 12.3 Å². The quantitative estimate of drug-likeness (QED) is 0.873. The number of aliphatic hydroxyl groups is 1. The molecule has 17 heavy (non-hydrogen) atoms. The molecule has 3 heteroatoms. The Balaban J connectivity index is 1.90. The molecular formula is C14H19FO2. The molecule has 1 aromatic rings. The summed E-state index contributed by atoms with van der Waals surface area (Å²) in [6.07, 6.45) is 2.06. The maximum atomic E-state index is 12.9. The van der Waals surface area contributed by atoms with Gasteiger partial charge >= 0.3 is 0 Å². The zero-order valence-electron chi connectivity index (χ0n) is 10.2. The van der Waals surface area contributed by atoms with E-state index < -0.39 is 0 Å². The lowest BCUT2D eigenvalue weighted by Crippen LogP contribution is -2.17. The van der Waals surface area contributed by atoms with Gasteiger partial charge in [0.05, 0.1) is 6.10 Å². The Morgan fingerprint density at radius 3 is 3.00 bits per heavy atom. The second kappa shape index (κ2) is 5.61. The minimum absolute atomic E-state index is 0.218. The SMILES string of the molecule is Cc1cc(F)ccc1CC(O)CC1CCOC1. The Hall–Kier alpha value is -0.930. The third kappa shape index (κ3) is 3.51. The van der Waals surface area contributed by atoms with Crippen molar-refractivity contribution in [2.45, 2.75) is 32.3 Å². The van der Waals surface area contributed by atoms with Gasteiger partial charge in [-0.25, -0.2) is 4.39 Å². The third-order valence-electron chi connectivity index (χ3n) is 3.39. The number of ether oxygens (including phenoxy) is 1. The molecule has 2 nitrogen and oxygen atoms in total. The normalized spacial score (nSPS) is 21.7. The van der Waals surface area contributed by atoms with Crippen molar-refractivity contribution in [2.75, 3.05) is 13.2 Å². The summed E-state index contributed by atoms with van der Waals surface area (Å²) >= 11 is 0. The lowest BCUT2D eigenvalue weighted by Gasteiger charge is -2.15. The molecule has 1 fully saturated rings. The first kappa shape index (κ1) is 12.5. The number of hydrogen-bond acceptors (Lipinski definition) is 2. The molecule has 94 valence electrons. The van der Waals surface area contributed by atoms with Gasteiger partial charge in [-0.1, -0.05) is 6.07 Å². The van der Waals surface area contributed by atoms with E-state index in [1.165, 1.54) is 12.1 Å². The van der Waals surface area contributed by atoms with E-state index in [0.717, 1.165) is 37.2 Å². The van der Waals surface area contributed by atoms with Crippen LogP contribution in [0.4, 0.5) is 4.39 Å². The molecule has 0 bridgehead atoms. The summed E-state index contributed by atoms with van der Waals surface area (Å²) in [5, 5.41) is 10.0. The molecule has 1 N–H and O–H groups in total. The highest BCUT2D eigenvalue weighted by Gasteiger charge is 2.19. The summed E-state index contributed by atoms with van der Waals surface area (Å²) in [5.41, 5.74) is 1.93. The van der Waals surface area contributed by atoms with Gasteiger partial charge in [0.15, 0.2) is 0 Å². The van der Waals surface area contributed by atoms with Crippen LogP contribution in [0.15, 0.2) is 18.2 Å². The molecule has 1 aromatic carbocycles. The molecule has 0 spiro atoms. The number of hydrogen-bond donors (Lipinski definition) is 1. The van der Waals surface area contributed by atoms with E-state index in [4.69, 9.17) is 4.74 Å². The van der Waals surface area contributed by atoms with Crippen molar-refractivity contribution >= 4 is 0 Å². The lowest BCUT2D eigenvalue weighted by atomic mass is 9.95. The Labute approximate surface area is 101 Å². The standard InChI is InChI=1S/C14H19FO2/c1-10-6-13(15)3-2-12(10)8-14(16)7-11-4-5-17-9-11/h2-3,6,11,14,16H,4-5,7-9H2,1H3. The van der Waals surface area contributed by atoms with Crippen LogP contribution >= 0.6 is 0 Å². The van der Waals surface area contributed by atoms with Crippen LogP contribution in [0.25, 0.3) is 0 Å². The molecule has 1 saturated heterocycles. The highest BCUT2D eigenvalue weighted by molar-refractivity contribution is 5.27. The van der Waals surface area contributed by atoms with Gasteiger partial charge in [0.2, 0.25) is 0 Å². The molecular weight excluding hydrogens is 219 g/mol. The van der Waals surface area contributed by atoms with E-state index in [-0.39, 0.29) is 11.9 Å². The fourth-order valence-electron chi connectivity index (χ4n) is 2.38. The fourth-order valence-corrected chi connectivity index (χ4v) is 2.38. The van der Waals surface area contributed by atoms with Crippen molar-refractivity contribution in [3.8, 4) is 0 Å². The van der Waals surface area contributed by atoms with Crippen molar-refractivity contribution in [3.05, 3.63) is 35.1 Å². The second-order valence-corrected chi connectivity index (χ2v) is 4.89. The van der Waals surface area contributed by atoms with Gasteiger partial charge in [0, 0.05) is 13.2 Å². The van der Waals surface area contributed by atoms with Crippen molar-refractivity contribution in [3.63, 3.8) is 0 Å². The molecule has 0 radical (unpaired) electrons. The zero-order chi connectivity index (χ0) is 12.3. The van der Waals surface area contributed by atoms with Crippen LogP contribution in [0.3, 0.4) is 0 Å². The van der Waals surface area contributed by atoms with Crippen molar-refractivity contribution < 1.29 is 14.2 Å². The van der Waals surface area contributed by atoms with Gasteiger partial charge in [-0.15, -0.1) is 0 Å². The van der Waals surface area contributed by atoms with E-state index in [1.54, 1.807) is 6.07 Å². The van der Waals surface area contributed by atoms with Crippen molar-refractivity contribution in [1.82, 2.24) is 0 Å². The van der Waals surface area contributed by atoms with E-state index in [9.17, 15) is 9.50 Å². The highest BCUT2D eigenvalue weighted by Crippen LogP contribution is 2.21. The Morgan fingerprint density at radius 1 is 1.53 bits per heavy atom. The van der Waals surface area contributed by atoms with Crippen LogP contribution in [0.1, 0.15) is 24.0 Å². The van der Waals surface area contributed by atoms with Gasteiger partial charge < -0.3 is 9.84 Å². The van der Waals surface area contributed by atoms with Gasteiger partial charge in [-0.05, 0) is 55.4 Å². The lowest BCUT2D eigenvalue weighted by molar-refractivity contribution is 0.128. The van der Waals surface area contributed by atoms with Gasteiger partial charge in [0.25, 0.3) is 0 Å². The number of halogens is 1. The van der Waals surface area contributed by atoms with Crippen molar-refractivity contribution in [1.29, 1.82) is 0 Å². The molecule has 0 amide bonds. The summed E-state index contributed by atoms with van der Waals surface area (Å²) in [6, 6.07) is 4.73. The summed E-state index contributed by atoms with van der Waals surface area (Å²) in [4.78, 5) is 0. The van der Waals surface area contributed by atoms with Crippen LogP contribution in [-0.4, -0.2) is 24.4 Å². The predicted octanol–water partition coefficient (Wildman–Crippen LogP) is 2.46. The smallest absolute Gasteiger partial charge is 0.123 e. The Morgan fingerprint density at radius 2 is 2.35 bits per heavy atom. The molecule has 1 aliphatic rings. The molecule has 0 aromatic heterocycles. The fraction of sp³-hybridized carbons (Fsp3) is 0.571. The summed E-state index contributed by atoms with van der Waals surface area (Å²) < 4.78 is 18.2. The minimum Gasteiger partial charge on any atom is -0.393 e. The molecule has 2 unspecified atom stereocenters. The van der Waals surface area contributed by atoms with E-state index >= 15 is 0 Å². The van der Waals surface area contributed by atoms with Gasteiger partial charge in [-0.3, -0.25) is 0 Å². The Bertz CT molecular complexity index is 372. The third-order valence-corrected chi connectivity index (χ3v) is 3.39. The predicted molar refractivity (Wildman–Crippen MR) is 64.4 cm³/mol. The molecule has 1 aliphatic heterocycles. The maximum Gasteiger partial charge on any atom is 0.123 e. The molecule has 0 saturated carbocycles. The number of rotatable bonds is 4. The molecule has 1 heterocycles. The average Bonchev–Trinajstić information content (AvgIpc) is 2.75. The summed E-state index contributed by atoms with van der Waals surface area (Å²) in [7, 11) is 0. The molecule has 0 aliphatic carbocycles. The van der Waals surface area contributed by atoms with E-state index in [2.05, 4.69) is 0 Å². The van der Waals surface area contributed by atoms with Crippen LogP contribution in [0.2, 0.25) is 0 Å².